The first kappa shape index (κ1) is 21.8. The largest absolute Gasteiger partial charge is 0.384 e. The minimum atomic E-state index is -3.56. The second kappa shape index (κ2) is 9.36. The average Bonchev–Trinajstić information content (AvgIpc) is 3.32. The molecule has 0 radical (unpaired) electrons. The third-order valence-corrected chi connectivity index (χ3v) is 5.38. The van der Waals surface area contributed by atoms with Crippen molar-refractivity contribution in [1.82, 2.24) is 25.2 Å². The number of benzene rings is 1. The highest BCUT2D eigenvalue weighted by Crippen LogP contribution is 2.31. The summed E-state index contributed by atoms with van der Waals surface area (Å²) in [6.45, 7) is 1.17. The fourth-order valence-corrected chi connectivity index (χ4v) is 3.51. The third kappa shape index (κ3) is 5.06. The maximum Gasteiger partial charge on any atom is 0.316 e. The number of aliphatic hydroxyl groups is 1. The van der Waals surface area contributed by atoms with Gasteiger partial charge in [0.25, 0.3) is 0 Å². The number of tetrazole rings is 1. The van der Waals surface area contributed by atoms with Crippen LogP contribution >= 0.6 is 0 Å². The van der Waals surface area contributed by atoms with Crippen LogP contribution < -0.4 is 4.90 Å². The lowest BCUT2D eigenvalue weighted by atomic mass is 9.96. The molecule has 0 spiro atoms. The molecule has 32 heavy (non-hydrogen) atoms. The summed E-state index contributed by atoms with van der Waals surface area (Å²) >= 11 is 0. The number of pyridine rings is 1. The zero-order valence-electron chi connectivity index (χ0n) is 17.1. The lowest BCUT2D eigenvalue weighted by Gasteiger charge is -2.31. The summed E-state index contributed by atoms with van der Waals surface area (Å²) in [5.41, 5.74) is 0.970. The Morgan fingerprint density at radius 1 is 1.12 bits per heavy atom. The predicted molar refractivity (Wildman–Crippen MR) is 110 cm³/mol. The van der Waals surface area contributed by atoms with Gasteiger partial charge in [-0.2, -0.15) is 8.78 Å². The van der Waals surface area contributed by atoms with E-state index in [4.69, 9.17) is 0 Å². The van der Waals surface area contributed by atoms with Crippen molar-refractivity contribution in [3.63, 3.8) is 0 Å². The number of aromatic nitrogens is 5. The first-order valence-electron chi connectivity index (χ1n) is 10.2. The van der Waals surface area contributed by atoms with Gasteiger partial charge in [-0.05, 0) is 59.7 Å². The maximum absolute atomic E-state index is 14.5. The van der Waals surface area contributed by atoms with Crippen LogP contribution in [0.15, 0.2) is 48.9 Å². The normalized spacial score (nSPS) is 15.8. The second-order valence-corrected chi connectivity index (χ2v) is 7.61. The highest BCUT2D eigenvalue weighted by molar-refractivity contribution is 5.46. The molecule has 1 N–H and O–H groups in total. The number of anilines is 1. The Kier molecular flexibility index (Phi) is 6.37. The molecule has 10 heteroatoms. The summed E-state index contributed by atoms with van der Waals surface area (Å²) in [7, 11) is 0. The van der Waals surface area contributed by atoms with E-state index >= 15 is 0 Å². The summed E-state index contributed by atoms with van der Waals surface area (Å²) in [6, 6.07) is 9.08. The van der Waals surface area contributed by atoms with Crippen molar-refractivity contribution >= 4 is 5.69 Å². The number of aliphatic hydroxyl groups excluding tert-OH is 1. The Morgan fingerprint density at radius 3 is 2.50 bits per heavy atom. The monoisotopic (exact) mass is 442 g/mol. The van der Waals surface area contributed by atoms with Gasteiger partial charge in [0, 0.05) is 36.5 Å². The van der Waals surface area contributed by atoms with Crippen molar-refractivity contribution < 1.29 is 18.3 Å². The van der Waals surface area contributed by atoms with E-state index < -0.39 is 24.3 Å². The van der Waals surface area contributed by atoms with E-state index in [1.807, 2.05) is 0 Å². The van der Waals surface area contributed by atoms with E-state index in [1.165, 1.54) is 30.5 Å². The molecule has 3 heterocycles. The molecule has 0 bridgehead atoms. The summed E-state index contributed by atoms with van der Waals surface area (Å²) in [5, 5.41) is 20.1. The molecule has 1 aromatic carbocycles. The van der Waals surface area contributed by atoms with Crippen LogP contribution in [0.4, 0.5) is 18.9 Å². The van der Waals surface area contributed by atoms with Crippen molar-refractivity contribution in [2.45, 2.75) is 31.4 Å². The molecule has 0 saturated carbocycles. The van der Waals surface area contributed by atoms with Crippen molar-refractivity contribution in [1.29, 1.82) is 0 Å². The van der Waals surface area contributed by atoms with E-state index in [0.29, 0.717) is 5.56 Å². The van der Waals surface area contributed by atoms with Gasteiger partial charge in [-0.1, -0.05) is 11.8 Å². The molecule has 1 atom stereocenters. The fraction of sp³-hybridized carbons (Fsp3) is 0.364. The topological polar surface area (TPSA) is 80.0 Å². The van der Waals surface area contributed by atoms with Gasteiger partial charge in [-0.15, -0.1) is 5.10 Å². The van der Waals surface area contributed by atoms with Gasteiger partial charge in [0.2, 0.25) is 0 Å². The minimum Gasteiger partial charge on any atom is -0.384 e. The smallest absolute Gasteiger partial charge is 0.316 e. The first-order valence-corrected chi connectivity index (χ1v) is 10.2. The van der Waals surface area contributed by atoms with Crippen LogP contribution in [-0.2, 0) is 12.5 Å². The van der Waals surface area contributed by atoms with E-state index in [-0.39, 0.29) is 11.7 Å². The first-order chi connectivity index (χ1) is 15.4. The number of halogens is 3. The summed E-state index contributed by atoms with van der Waals surface area (Å²) < 4.78 is 43.1. The molecular weight excluding hydrogens is 421 g/mol. The molecule has 3 aromatic rings. The van der Waals surface area contributed by atoms with Gasteiger partial charge in [-0.25, -0.2) is 9.07 Å². The number of hydrogen-bond acceptors (Lipinski definition) is 6. The van der Waals surface area contributed by atoms with Gasteiger partial charge >= 0.3 is 5.92 Å². The summed E-state index contributed by atoms with van der Waals surface area (Å²) in [5.74, 6) is 2.56. The molecule has 1 fully saturated rings. The quantitative estimate of drug-likeness (QED) is 0.612. The standard InChI is InChI=1S/C22H21F3N6O/c23-18-4-6-19(7-5-18)30-11-9-16(10-12-30)1-2-17-3-8-20(26-13-17)22(24,25)21(32)14-31-15-27-28-29-31/h3-8,13,15-16,21,32H,9-12,14H2. The van der Waals surface area contributed by atoms with Crippen molar-refractivity contribution in [3.8, 4) is 11.8 Å². The molecule has 166 valence electrons. The maximum atomic E-state index is 14.5. The Bertz CT molecular complexity index is 1070. The molecule has 7 nitrogen and oxygen atoms in total. The Labute approximate surface area is 182 Å². The fourth-order valence-electron chi connectivity index (χ4n) is 3.51. The van der Waals surface area contributed by atoms with Crippen molar-refractivity contribution in [2.75, 3.05) is 18.0 Å². The number of hydrogen-bond donors (Lipinski definition) is 1. The summed E-state index contributed by atoms with van der Waals surface area (Å²) in [4.78, 5) is 6.00. The number of rotatable bonds is 5. The molecule has 1 saturated heterocycles. The minimum absolute atomic E-state index is 0.186. The zero-order chi connectivity index (χ0) is 22.6. The van der Waals surface area contributed by atoms with Crippen molar-refractivity contribution in [3.05, 3.63) is 66.0 Å². The van der Waals surface area contributed by atoms with E-state index in [9.17, 15) is 18.3 Å². The van der Waals surface area contributed by atoms with Gasteiger partial charge in [0.1, 0.15) is 23.9 Å². The van der Waals surface area contributed by atoms with Gasteiger partial charge in [0.15, 0.2) is 0 Å². The summed E-state index contributed by atoms with van der Waals surface area (Å²) in [6.07, 6.45) is 2.12. The highest BCUT2D eigenvalue weighted by atomic mass is 19.3. The van der Waals surface area contributed by atoms with Gasteiger partial charge in [0.05, 0.1) is 6.54 Å². The Hall–Kier alpha value is -3.45. The van der Waals surface area contributed by atoms with Crippen LogP contribution in [0.3, 0.4) is 0 Å². The second-order valence-electron chi connectivity index (χ2n) is 7.61. The number of alkyl halides is 2. The molecule has 1 unspecified atom stereocenters. The van der Waals surface area contributed by atoms with E-state index in [0.717, 1.165) is 42.6 Å². The number of nitrogens with zero attached hydrogens (tertiary/aromatic N) is 6. The van der Waals surface area contributed by atoms with Crippen LogP contribution in [0.2, 0.25) is 0 Å². The van der Waals surface area contributed by atoms with Crippen LogP contribution in [0.5, 0.6) is 0 Å². The lowest BCUT2D eigenvalue weighted by molar-refractivity contribution is -0.124. The van der Waals surface area contributed by atoms with E-state index in [1.54, 1.807) is 12.1 Å². The Balaban J connectivity index is 1.34. The zero-order valence-corrected chi connectivity index (χ0v) is 17.1. The van der Waals surface area contributed by atoms with Crippen LogP contribution in [0.25, 0.3) is 0 Å². The van der Waals surface area contributed by atoms with Crippen LogP contribution in [0, 0.1) is 23.6 Å². The molecular formula is C22H21F3N6O. The van der Waals surface area contributed by atoms with Gasteiger partial charge < -0.3 is 10.0 Å². The molecule has 1 aliphatic rings. The Morgan fingerprint density at radius 2 is 1.88 bits per heavy atom. The van der Waals surface area contributed by atoms with E-state index in [2.05, 4.69) is 37.3 Å². The SMILES string of the molecule is OC(Cn1cnnn1)C(F)(F)c1ccc(C#CC2CCN(c3ccc(F)cc3)CC2)cn1. The molecule has 1 aliphatic heterocycles. The third-order valence-electron chi connectivity index (χ3n) is 5.38. The molecule has 4 rings (SSSR count). The van der Waals surface area contributed by atoms with Crippen molar-refractivity contribution in [2.24, 2.45) is 5.92 Å². The van der Waals surface area contributed by atoms with Gasteiger partial charge in [-0.3, -0.25) is 4.98 Å². The molecule has 0 aliphatic carbocycles. The lowest BCUT2D eigenvalue weighted by Crippen LogP contribution is -2.35. The predicted octanol–water partition coefficient (Wildman–Crippen LogP) is 2.63. The molecule has 2 aromatic heterocycles. The average molecular weight is 442 g/mol. The highest BCUT2D eigenvalue weighted by Gasteiger charge is 2.42. The number of piperidine rings is 1. The van der Waals surface area contributed by atoms with Crippen LogP contribution in [-0.4, -0.2) is 49.5 Å². The molecule has 0 amide bonds. The van der Waals surface area contributed by atoms with Crippen LogP contribution in [0.1, 0.15) is 24.1 Å².